The molecule has 0 saturated carbocycles. The van der Waals surface area contributed by atoms with Crippen LogP contribution in [0.4, 0.5) is 0 Å². The SMILES string of the molecule is CC(C)(C)c1ccc2cc(Br)c(Cl)nc2c1. The van der Waals surface area contributed by atoms with E-state index in [-0.39, 0.29) is 5.41 Å². The molecule has 0 radical (unpaired) electrons. The number of halogens is 2. The molecule has 3 heteroatoms. The first-order valence-electron chi connectivity index (χ1n) is 5.14. The number of fused-ring (bicyclic) bond motifs is 1. The molecular formula is C13H13BrClN. The maximum Gasteiger partial charge on any atom is 0.143 e. The molecule has 0 aliphatic heterocycles. The highest BCUT2D eigenvalue weighted by Gasteiger charge is 2.14. The smallest absolute Gasteiger partial charge is 0.143 e. The Labute approximate surface area is 109 Å². The monoisotopic (exact) mass is 297 g/mol. The molecule has 0 aliphatic rings. The summed E-state index contributed by atoms with van der Waals surface area (Å²) in [5, 5.41) is 1.61. The second-order valence-electron chi connectivity index (χ2n) is 4.92. The summed E-state index contributed by atoms with van der Waals surface area (Å²) in [5.74, 6) is 0. The van der Waals surface area contributed by atoms with E-state index in [0.717, 1.165) is 15.4 Å². The molecule has 2 rings (SSSR count). The maximum absolute atomic E-state index is 6.00. The first kappa shape index (κ1) is 11.9. The van der Waals surface area contributed by atoms with Crippen LogP contribution in [0.15, 0.2) is 28.7 Å². The third-order valence-electron chi connectivity index (χ3n) is 2.59. The molecular weight excluding hydrogens is 286 g/mol. The Morgan fingerprint density at radius 2 is 1.88 bits per heavy atom. The van der Waals surface area contributed by atoms with Gasteiger partial charge in [0, 0.05) is 5.39 Å². The van der Waals surface area contributed by atoms with Gasteiger partial charge in [0.05, 0.1) is 9.99 Å². The third kappa shape index (κ3) is 2.23. The van der Waals surface area contributed by atoms with E-state index < -0.39 is 0 Å². The van der Waals surface area contributed by atoms with Crippen molar-refractivity contribution in [1.82, 2.24) is 4.98 Å². The van der Waals surface area contributed by atoms with Crippen molar-refractivity contribution in [2.75, 3.05) is 0 Å². The molecule has 0 N–H and O–H groups in total. The van der Waals surface area contributed by atoms with Crippen molar-refractivity contribution < 1.29 is 0 Å². The van der Waals surface area contributed by atoms with Gasteiger partial charge in [-0.05, 0) is 39.0 Å². The molecule has 84 valence electrons. The molecule has 0 saturated heterocycles. The number of pyridine rings is 1. The van der Waals surface area contributed by atoms with E-state index in [1.165, 1.54) is 5.56 Å². The van der Waals surface area contributed by atoms with Gasteiger partial charge in [-0.25, -0.2) is 4.98 Å². The Morgan fingerprint density at radius 3 is 2.50 bits per heavy atom. The highest BCUT2D eigenvalue weighted by molar-refractivity contribution is 9.10. The summed E-state index contributed by atoms with van der Waals surface area (Å²) in [6.45, 7) is 6.57. The van der Waals surface area contributed by atoms with Gasteiger partial charge in [-0.2, -0.15) is 0 Å². The van der Waals surface area contributed by atoms with Crippen LogP contribution in [0.2, 0.25) is 5.15 Å². The van der Waals surface area contributed by atoms with E-state index in [0.29, 0.717) is 5.15 Å². The minimum atomic E-state index is 0.134. The minimum Gasteiger partial charge on any atom is -0.235 e. The van der Waals surface area contributed by atoms with Gasteiger partial charge in [0.1, 0.15) is 5.15 Å². The second-order valence-corrected chi connectivity index (χ2v) is 6.13. The zero-order chi connectivity index (χ0) is 11.9. The topological polar surface area (TPSA) is 12.9 Å². The third-order valence-corrected chi connectivity index (χ3v) is 3.72. The Bertz CT molecular complexity index is 543. The number of hydrogen-bond donors (Lipinski definition) is 0. The molecule has 1 heterocycles. The number of nitrogens with zero attached hydrogens (tertiary/aromatic N) is 1. The lowest BCUT2D eigenvalue weighted by atomic mass is 9.86. The molecule has 2 aromatic rings. The van der Waals surface area contributed by atoms with E-state index in [2.05, 4.69) is 59.9 Å². The Morgan fingerprint density at radius 1 is 1.19 bits per heavy atom. The van der Waals surface area contributed by atoms with E-state index in [1.807, 2.05) is 6.07 Å². The van der Waals surface area contributed by atoms with Gasteiger partial charge >= 0.3 is 0 Å². The summed E-state index contributed by atoms with van der Waals surface area (Å²) < 4.78 is 0.838. The first-order chi connectivity index (χ1) is 7.38. The van der Waals surface area contributed by atoms with Gasteiger partial charge in [-0.15, -0.1) is 0 Å². The lowest BCUT2D eigenvalue weighted by Gasteiger charge is -2.19. The van der Waals surface area contributed by atoms with Crippen molar-refractivity contribution in [2.45, 2.75) is 26.2 Å². The highest BCUT2D eigenvalue weighted by Crippen LogP contribution is 2.29. The Kier molecular flexibility index (Phi) is 2.97. The predicted octanol–water partition coefficient (Wildman–Crippen LogP) is 4.95. The highest BCUT2D eigenvalue weighted by atomic mass is 79.9. The minimum absolute atomic E-state index is 0.134. The Balaban J connectivity index is 2.67. The van der Waals surface area contributed by atoms with E-state index in [4.69, 9.17) is 11.6 Å². The number of rotatable bonds is 0. The van der Waals surface area contributed by atoms with Crippen molar-refractivity contribution >= 4 is 38.4 Å². The first-order valence-corrected chi connectivity index (χ1v) is 6.31. The molecule has 1 aromatic carbocycles. The van der Waals surface area contributed by atoms with Crippen LogP contribution >= 0.6 is 27.5 Å². The molecule has 0 bridgehead atoms. The van der Waals surface area contributed by atoms with Gasteiger partial charge < -0.3 is 0 Å². The lowest BCUT2D eigenvalue weighted by molar-refractivity contribution is 0.591. The van der Waals surface area contributed by atoms with E-state index >= 15 is 0 Å². The summed E-state index contributed by atoms with van der Waals surface area (Å²) in [5.41, 5.74) is 2.35. The average molecular weight is 299 g/mol. The van der Waals surface area contributed by atoms with Crippen LogP contribution in [0.3, 0.4) is 0 Å². The summed E-state index contributed by atoms with van der Waals surface area (Å²) >= 11 is 9.38. The zero-order valence-corrected chi connectivity index (χ0v) is 11.9. The van der Waals surface area contributed by atoms with Crippen molar-refractivity contribution in [2.24, 2.45) is 0 Å². The lowest BCUT2D eigenvalue weighted by Crippen LogP contribution is -2.10. The molecule has 0 aliphatic carbocycles. The maximum atomic E-state index is 6.00. The molecule has 0 amide bonds. The van der Waals surface area contributed by atoms with Crippen LogP contribution in [0, 0.1) is 0 Å². The van der Waals surface area contributed by atoms with Gasteiger partial charge in [0.25, 0.3) is 0 Å². The second kappa shape index (κ2) is 4.01. The van der Waals surface area contributed by atoms with Crippen molar-refractivity contribution in [3.05, 3.63) is 39.5 Å². The van der Waals surface area contributed by atoms with E-state index in [9.17, 15) is 0 Å². The van der Waals surface area contributed by atoms with Gasteiger partial charge in [0.15, 0.2) is 0 Å². The fourth-order valence-electron chi connectivity index (χ4n) is 1.58. The number of benzene rings is 1. The Hall–Kier alpha value is -0.600. The quantitative estimate of drug-likeness (QED) is 0.627. The van der Waals surface area contributed by atoms with Crippen molar-refractivity contribution in [1.29, 1.82) is 0 Å². The van der Waals surface area contributed by atoms with Crippen LogP contribution in [-0.4, -0.2) is 4.98 Å². The number of hydrogen-bond acceptors (Lipinski definition) is 1. The van der Waals surface area contributed by atoms with Crippen LogP contribution in [0.1, 0.15) is 26.3 Å². The fourth-order valence-corrected chi connectivity index (χ4v) is 2.07. The zero-order valence-electron chi connectivity index (χ0n) is 9.51. The van der Waals surface area contributed by atoms with Crippen molar-refractivity contribution in [3.63, 3.8) is 0 Å². The van der Waals surface area contributed by atoms with Crippen LogP contribution in [-0.2, 0) is 5.41 Å². The summed E-state index contributed by atoms with van der Waals surface area (Å²) in [6, 6.07) is 8.33. The molecule has 0 spiro atoms. The predicted molar refractivity (Wildman–Crippen MR) is 73.2 cm³/mol. The average Bonchev–Trinajstić information content (AvgIpc) is 2.17. The van der Waals surface area contributed by atoms with E-state index in [1.54, 1.807) is 0 Å². The van der Waals surface area contributed by atoms with Crippen molar-refractivity contribution in [3.8, 4) is 0 Å². The van der Waals surface area contributed by atoms with Gasteiger partial charge in [-0.1, -0.05) is 44.5 Å². The van der Waals surface area contributed by atoms with Gasteiger partial charge in [0.2, 0.25) is 0 Å². The number of aromatic nitrogens is 1. The molecule has 0 atom stereocenters. The molecule has 1 nitrogen and oxygen atoms in total. The van der Waals surface area contributed by atoms with Crippen LogP contribution in [0.25, 0.3) is 10.9 Å². The van der Waals surface area contributed by atoms with Gasteiger partial charge in [-0.3, -0.25) is 0 Å². The van der Waals surface area contributed by atoms with Crippen LogP contribution < -0.4 is 0 Å². The molecule has 0 fully saturated rings. The summed E-state index contributed by atoms with van der Waals surface area (Å²) in [6.07, 6.45) is 0. The largest absolute Gasteiger partial charge is 0.235 e. The molecule has 16 heavy (non-hydrogen) atoms. The summed E-state index contributed by atoms with van der Waals surface area (Å²) in [4.78, 5) is 4.37. The fraction of sp³-hybridized carbons (Fsp3) is 0.308. The molecule has 1 aromatic heterocycles. The summed E-state index contributed by atoms with van der Waals surface area (Å²) in [7, 11) is 0. The standard InChI is InChI=1S/C13H13BrClN/c1-13(2,3)9-5-4-8-6-10(14)12(15)16-11(8)7-9/h4-7H,1-3H3. The van der Waals surface area contributed by atoms with Crippen LogP contribution in [0.5, 0.6) is 0 Å². The normalized spacial score (nSPS) is 12.1. The molecule has 0 unspecified atom stereocenters.